The van der Waals surface area contributed by atoms with Gasteiger partial charge in [0.25, 0.3) is 5.69 Å². The summed E-state index contributed by atoms with van der Waals surface area (Å²) in [6.07, 6.45) is 1.19. The van der Waals surface area contributed by atoms with Crippen LogP contribution in [0.3, 0.4) is 0 Å². The second-order valence-corrected chi connectivity index (χ2v) is 5.31. The zero-order valence-corrected chi connectivity index (χ0v) is 13.3. The van der Waals surface area contributed by atoms with Gasteiger partial charge in [-0.05, 0) is 18.2 Å². The van der Waals surface area contributed by atoms with E-state index in [2.05, 4.69) is 0 Å². The lowest BCUT2D eigenvalue weighted by atomic mass is 10.1. The minimum absolute atomic E-state index is 0.0123. The number of aromatic nitrogens is 1. The molecule has 0 saturated carbocycles. The van der Waals surface area contributed by atoms with E-state index < -0.39 is 23.3 Å². The second kappa shape index (κ2) is 6.63. The van der Waals surface area contributed by atoms with Gasteiger partial charge >= 0.3 is 5.97 Å². The van der Waals surface area contributed by atoms with Gasteiger partial charge < -0.3 is 18.8 Å². The standard InChI is InChI=1S/C16H14N2O7/c1-17-8-11(18(21)22)7-12(17)16(20)25-9-13(19)10-2-3-14-15(6-10)24-5-4-23-14/h2-3,6-8H,4-5,9H2,1H3. The number of rotatable bonds is 5. The van der Waals surface area contributed by atoms with Crippen molar-refractivity contribution in [1.29, 1.82) is 0 Å². The lowest BCUT2D eigenvalue weighted by molar-refractivity contribution is -0.384. The Morgan fingerprint density at radius 2 is 1.96 bits per heavy atom. The first-order chi connectivity index (χ1) is 12.0. The summed E-state index contributed by atoms with van der Waals surface area (Å²) in [5, 5.41) is 10.7. The molecule has 9 nitrogen and oxygen atoms in total. The molecule has 0 radical (unpaired) electrons. The second-order valence-electron chi connectivity index (χ2n) is 5.31. The van der Waals surface area contributed by atoms with Crippen molar-refractivity contribution >= 4 is 17.4 Å². The summed E-state index contributed by atoms with van der Waals surface area (Å²) >= 11 is 0. The molecular formula is C16H14N2O7. The first kappa shape index (κ1) is 16.5. The van der Waals surface area contributed by atoms with Crippen molar-refractivity contribution in [2.24, 2.45) is 7.05 Å². The highest BCUT2D eigenvalue weighted by Gasteiger charge is 2.21. The third kappa shape index (κ3) is 3.44. The topological polar surface area (TPSA) is 110 Å². The maximum absolute atomic E-state index is 12.2. The van der Waals surface area contributed by atoms with E-state index in [9.17, 15) is 19.7 Å². The maximum Gasteiger partial charge on any atom is 0.355 e. The van der Waals surface area contributed by atoms with Crippen LogP contribution in [0.2, 0.25) is 0 Å². The summed E-state index contributed by atoms with van der Waals surface area (Å²) < 4.78 is 17.0. The molecule has 0 unspecified atom stereocenters. The first-order valence-corrected chi connectivity index (χ1v) is 7.36. The Balaban J connectivity index is 1.66. The molecule has 9 heteroatoms. The summed E-state index contributed by atoms with van der Waals surface area (Å²) in [7, 11) is 1.48. The number of carbonyl (C=O) groups excluding carboxylic acids is 2. The summed E-state index contributed by atoms with van der Waals surface area (Å²) in [5.74, 6) is -0.229. The van der Waals surface area contributed by atoms with Gasteiger partial charge in [-0.15, -0.1) is 0 Å². The van der Waals surface area contributed by atoms with Crippen molar-refractivity contribution < 1.29 is 28.7 Å². The van der Waals surface area contributed by atoms with Crippen molar-refractivity contribution in [2.45, 2.75) is 0 Å². The number of nitrogens with zero attached hydrogens (tertiary/aromatic N) is 2. The Kier molecular flexibility index (Phi) is 4.38. The molecule has 3 rings (SSSR count). The van der Waals surface area contributed by atoms with Crippen molar-refractivity contribution in [3.63, 3.8) is 0 Å². The van der Waals surface area contributed by atoms with Crippen LogP contribution >= 0.6 is 0 Å². The quantitative estimate of drug-likeness (QED) is 0.351. The van der Waals surface area contributed by atoms with Crippen LogP contribution in [-0.2, 0) is 11.8 Å². The molecule has 0 atom stereocenters. The van der Waals surface area contributed by atoms with Gasteiger partial charge in [-0.25, -0.2) is 4.79 Å². The number of carbonyl (C=O) groups is 2. The number of hydrogen-bond acceptors (Lipinski definition) is 7. The molecule has 1 aromatic heterocycles. The zero-order chi connectivity index (χ0) is 18.0. The number of ketones is 1. The molecule has 130 valence electrons. The largest absolute Gasteiger partial charge is 0.486 e. The summed E-state index contributed by atoms with van der Waals surface area (Å²) in [6, 6.07) is 5.79. The molecule has 2 aromatic rings. The van der Waals surface area contributed by atoms with Crippen molar-refractivity contribution in [3.8, 4) is 11.5 Å². The van der Waals surface area contributed by atoms with Gasteiger partial charge in [0, 0.05) is 18.7 Å². The number of fused-ring (bicyclic) bond motifs is 1. The third-order valence-electron chi connectivity index (χ3n) is 3.61. The minimum Gasteiger partial charge on any atom is -0.486 e. The highest BCUT2D eigenvalue weighted by atomic mass is 16.6. The smallest absolute Gasteiger partial charge is 0.355 e. The average molecular weight is 346 g/mol. The lowest BCUT2D eigenvalue weighted by Gasteiger charge is -2.18. The fourth-order valence-electron chi connectivity index (χ4n) is 2.36. The van der Waals surface area contributed by atoms with Crippen molar-refractivity contribution in [3.05, 3.63) is 51.8 Å². The molecule has 25 heavy (non-hydrogen) atoms. The summed E-state index contributed by atoms with van der Waals surface area (Å²) in [4.78, 5) is 34.3. The van der Waals surface area contributed by atoms with E-state index in [-0.39, 0.29) is 11.4 Å². The van der Waals surface area contributed by atoms with E-state index >= 15 is 0 Å². The van der Waals surface area contributed by atoms with Crippen LogP contribution < -0.4 is 9.47 Å². The highest BCUT2D eigenvalue weighted by molar-refractivity contribution is 5.99. The van der Waals surface area contributed by atoms with Gasteiger partial charge in [-0.3, -0.25) is 14.9 Å². The number of nitro groups is 1. The predicted molar refractivity (Wildman–Crippen MR) is 84.1 cm³/mol. The van der Waals surface area contributed by atoms with Crippen LogP contribution in [0.5, 0.6) is 11.5 Å². The Morgan fingerprint density at radius 3 is 2.64 bits per heavy atom. The number of Topliss-reactive ketones (excluding diaryl/α,β-unsaturated/α-hetero) is 1. The van der Waals surface area contributed by atoms with Crippen LogP contribution in [-0.4, -0.2) is 41.1 Å². The highest BCUT2D eigenvalue weighted by Crippen LogP contribution is 2.30. The molecule has 1 aliphatic heterocycles. The number of benzene rings is 1. The molecule has 0 N–H and O–H groups in total. The van der Waals surface area contributed by atoms with Gasteiger partial charge in [0.15, 0.2) is 23.9 Å². The Morgan fingerprint density at radius 1 is 1.24 bits per heavy atom. The van der Waals surface area contributed by atoms with E-state index in [0.717, 1.165) is 6.07 Å². The molecule has 0 saturated heterocycles. The van der Waals surface area contributed by atoms with Gasteiger partial charge in [0.1, 0.15) is 18.9 Å². The molecule has 1 aromatic carbocycles. The van der Waals surface area contributed by atoms with E-state index in [1.54, 1.807) is 12.1 Å². The van der Waals surface area contributed by atoms with E-state index in [1.165, 1.54) is 23.9 Å². The first-order valence-electron chi connectivity index (χ1n) is 7.36. The summed E-state index contributed by atoms with van der Waals surface area (Å²) in [6.45, 7) is 0.351. The molecule has 1 aliphatic rings. The molecule has 2 heterocycles. The monoisotopic (exact) mass is 346 g/mol. The SMILES string of the molecule is Cn1cc([N+](=O)[O-])cc1C(=O)OCC(=O)c1ccc2c(c1)OCCO2. The zero-order valence-electron chi connectivity index (χ0n) is 13.3. The molecule has 0 aliphatic carbocycles. The number of ether oxygens (including phenoxy) is 3. The van der Waals surface area contributed by atoms with Crippen LogP contribution in [0.15, 0.2) is 30.5 Å². The normalized spacial score (nSPS) is 12.5. The molecule has 0 fully saturated rings. The lowest BCUT2D eigenvalue weighted by Crippen LogP contribution is -2.18. The van der Waals surface area contributed by atoms with E-state index in [0.29, 0.717) is 30.3 Å². The third-order valence-corrected chi connectivity index (χ3v) is 3.61. The maximum atomic E-state index is 12.2. The fraction of sp³-hybridized carbons (Fsp3) is 0.250. The van der Waals surface area contributed by atoms with Gasteiger partial charge in [0.2, 0.25) is 0 Å². The molecule has 0 amide bonds. The van der Waals surface area contributed by atoms with Gasteiger partial charge in [0.05, 0.1) is 11.1 Å². The summed E-state index contributed by atoms with van der Waals surface area (Å²) in [5.41, 5.74) is 0.0733. The van der Waals surface area contributed by atoms with Crippen molar-refractivity contribution in [2.75, 3.05) is 19.8 Å². The van der Waals surface area contributed by atoms with E-state index in [4.69, 9.17) is 14.2 Å². The van der Waals surface area contributed by atoms with Crippen LogP contribution in [0, 0.1) is 10.1 Å². The van der Waals surface area contributed by atoms with E-state index in [1.807, 2.05) is 0 Å². The Labute approximate surface area is 141 Å². The number of esters is 1. The molecular weight excluding hydrogens is 332 g/mol. The minimum atomic E-state index is -0.818. The van der Waals surface area contributed by atoms with Crippen LogP contribution in [0.25, 0.3) is 0 Å². The Hall–Kier alpha value is -3.36. The average Bonchev–Trinajstić information content (AvgIpc) is 3.01. The van der Waals surface area contributed by atoms with Gasteiger partial charge in [-0.2, -0.15) is 0 Å². The van der Waals surface area contributed by atoms with Crippen molar-refractivity contribution in [1.82, 2.24) is 4.57 Å². The van der Waals surface area contributed by atoms with Crippen LogP contribution in [0.4, 0.5) is 5.69 Å². The van der Waals surface area contributed by atoms with Crippen LogP contribution in [0.1, 0.15) is 20.8 Å². The molecule has 0 spiro atoms. The Bertz CT molecular complexity index is 856. The predicted octanol–water partition coefficient (Wildman–Crippen LogP) is 1.74. The van der Waals surface area contributed by atoms with Gasteiger partial charge in [-0.1, -0.05) is 0 Å². The number of hydrogen-bond donors (Lipinski definition) is 0. The fourth-order valence-corrected chi connectivity index (χ4v) is 2.36. The molecule has 0 bridgehead atoms. The number of aryl methyl sites for hydroxylation is 1.